The summed E-state index contributed by atoms with van der Waals surface area (Å²) in [5, 5.41) is 9.17. The molecule has 2 aromatic rings. The summed E-state index contributed by atoms with van der Waals surface area (Å²) in [6.07, 6.45) is 3.33. The number of carbonyl (C=O) groups is 1. The second kappa shape index (κ2) is 7.04. The molecule has 114 valence electrons. The molecule has 0 radical (unpaired) electrons. The van der Waals surface area contributed by atoms with Crippen LogP contribution in [0.2, 0.25) is 5.02 Å². The summed E-state index contributed by atoms with van der Waals surface area (Å²) in [4.78, 5) is 15.6. The Balaban J connectivity index is 2.34. The van der Waals surface area contributed by atoms with Crippen molar-refractivity contribution in [1.29, 1.82) is 0 Å². The third kappa shape index (κ3) is 3.43. The smallest absolute Gasteiger partial charge is 0.276 e. The third-order valence-corrected chi connectivity index (χ3v) is 3.25. The molecule has 5 nitrogen and oxygen atoms in total. The van der Waals surface area contributed by atoms with Crippen LogP contribution in [0.15, 0.2) is 49.6 Å². The molecule has 0 N–H and O–H groups in total. The number of aromatic nitrogens is 3. The van der Waals surface area contributed by atoms with Gasteiger partial charge in [-0.05, 0) is 25.1 Å². The molecule has 0 spiro atoms. The zero-order chi connectivity index (χ0) is 16.1. The molecule has 0 aliphatic carbocycles. The first-order chi connectivity index (χ1) is 10.6. The molecular formula is C16H17ClN4O. The molecule has 6 heteroatoms. The van der Waals surface area contributed by atoms with Crippen molar-refractivity contribution in [3.63, 3.8) is 0 Å². The van der Waals surface area contributed by atoms with Crippen molar-refractivity contribution < 1.29 is 4.79 Å². The van der Waals surface area contributed by atoms with E-state index in [2.05, 4.69) is 23.4 Å². The summed E-state index contributed by atoms with van der Waals surface area (Å²) in [6.45, 7) is 9.92. The van der Waals surface area contributed by atoms with Crippen molar-refractivity contribution in [2.45, 2.75) is 6.92 Å². The Bertz CT molecular complexity index is 698. The van der Waals surface area contributed by atoms with E-state index in [0.717, 1.165) is 0 Å². The number of aryl methyl sites for hydroxylation is 1. The van der Waals surface area contributed by atoms with Crippen LogP contribution in [0.3, 0.4) is 0 Å². The molecule has 0 fully saturated rings. The molecule has 1 heterocycles. The predicted octanol–water partition coefficient (Wildman–Crippen LogP) is 3.04. The highest BCUT2D eigenvalue weighted by Gasteiger charge is 2.21. The predicted molar refractivity (Wildman–Crippen MR) is 87.4 cm³/mol. The first-order valence-corrected chi connectivity index (χ1v) is 7.15. The standard InChI is InChI=1S/C16H17ClN4O/c1-4-9-20(10-5-2)16(22)15-12(3)18-21(19-15)14-8-6-7-13(17)11-14/h4-8,11H,1-2,9-10H2,3H3. The SMILES string of the molecule is C=CCN(CC=C)C(=O)c1nn(-c2cccc(Cl)c2)nc1C. The van der Waals surface area contributed by atoms with Gasteiger partial charge in [-0.2, -0.15) is 9.90 Å². The van der Waals surface area contributed by atoms with Gasteiger partial charge in [-0.15, -0.1) is 18.3 Å². The van der Waals surface area contributed by atoms with Gasteiger partial charge in [-0.1, -0.05) is 29.8 Å². The lowest BCUT2D eigenvalue weighted by atomic mass is 10.3. The minimum Gasteiger partial charge on any atom is -0.330 e. The highest BCUT2D eigenvalue weighted by atomic mass is 35.5. The van der Waals surface area contributed by atoms with Crippen LogP contribution in [0, 0.1) is 6.92 Å². The lowest BCUT2D eigenvalue weighted by Gasteiger charge is -2.17. The van der Waals surface area contributed by atoms with Crippen molar-refractivity contribution in [2.24, 2.45) is 0 Å². The van der Waals surface area contributed by atoms with E-state index in [1.165, 1.54) is 4.80 Å². The number of amides is 1. The molecule has 0 unspecified atom stereocenters. The second-order valence-corrected chi connectivity index (χ2v) is 5.13. The fourth-order valence-corrected chi connectivity index (χ4v) is 2.18. The Morgan fingerprint density at radius 3 is 2.59 bits per heavy atom. The number of carbonyl (C=O) groups excluding carboxylic acids is 1. The largest absolute Gasteiger partial charge is 0.330 e. The summed E-state index contributed by atoms with van der Waals surface area (Å²) < 4.78 is 0. The Morgan fingerprint density at radius 2 is 2.00 bits per heavy atom. The van der Waals surface area contributed by atoms with Gasteiger partial charge in [0.1, 0.15) is 0 Å². The second-order valence-electron chi connectivity index (χ2n) is 4.69. The van der Waals surface area contributed by atoms with E-state index in [1.54, 1.807) is 42.2 Å². The van der Waals surface area contributed by atoms with Gasteiger partial charge in [-0.25, -0.2) is 0 Å². The lowest BCUT2D eigenvalue weighted by Crippen LogP contribution is -2.32. The van der Waals surface area contributed by atoms with E-state index in [0.29, 0.717) is 35.2 Å². The van der Waals surface area contributed by atoms with E-state index >= 15 is 0 Å². The number of hydrogen-bond acceptors (Lipinski definition) is 3. The van der Waals surface area contributed by atoms with Gasteiger partial charge in [0.2, 0.25) is 0 Å². The maximum atomic E-state index is 12.5. The van der Waals surface area contributed by atoms with Gasteiger partial charge in [0.25, 0.3) is 5.91 Å². The molecule has 22 heavy (non-hydrogen) atoms. The van der Waals surface area contributed by atoms with Crippen molar-refractivity contribution in [2.75, 3.05) is 13.1 Å². The highest BCUT2D eigenvalue weighted by Crippen LogP contribution is 2.15. The van der Waals surface area contributed by atoms with Gasteiger partial charge >= 0.3 is 0 Å². The molecule has 0 aliphatic heterocycles. The van der Waals surface area contributed by atoms with E-state index in [-0.39, 0.29) is 5.91 Å². The summed E-state index contributed by atoms with van der Waals surface area (Å²) in [5.41, 5.74) is 1.57. The van der Waals surface area contributed by atoms with Crippen LogP contribution in [0.5, 0.6) is 0 Å². The molecule has 1 aromatic carbocycles. The summed E-state index contributed by atoms with van der Waals surface area (Å²) in [5.74, 6) is -0.203. The minimum atomic E-state index is -0.203. The van der Waals surface area contributed by atoms with E-state index in [1.807, 2.05) is 6.07 Å². The van der Waals surface area contributed by atoms with Crippen molar-refractivity contribution in [3.8, 4) is 5.69 Å². The number of hydrogen-bond donors (Lipinski definition) is 0. The summed E-state index contributed by atoms with van der Waals surface area (Å²) >= 11 is 5.97. The zero-order valence-electron chi connectivity index (χ0n) is 12.4. The first-order valence-electron chi connectivity index (χ1n) is 6.77. The van der Waals surface area contributed by atoms with Crippen molar-refractivity contribution in [1.82, 2.24) is 19.9 Å². The van der Waals surface area contributed by atoms with Gasteiger partial charge in [0.15, 0.2) is 5.69 Å². The average Bonchev–Trinajstić information content (AvgIpc) is 2.88. The van der Waals surface area contributed by atoms with Crippen LogP contribution in [0.4, 0.5) is 0 Å². The molecule has 0 saturated heterocycles. The quantitative estimate of drug-likeness (QED) is 0.770. The van der Waals surface area contributed by atoms with Crippen LogP contribution in [-0.4, -0.2) is 38.9 Å². The number of rotatable bonds is 6. The number of nitrogens with zero attached hydrogens (tertiary/aromatic N) is 4. The Labute approximate surface area is 134 Å². The van der Waals surface area contributed by atoms with Gasteiger partial charge in [-0.3, -0.25) is 4.79 Å². The van der Waals surface area contributed by atoms with Crippen molar-refractivity contribution in [3.05, 3.63) is 66.0 Å². The van der Waals surface area contributed by atoms with Crippen molar-refractivity contribution >= 4 is 17.5 Å². The molecule has 0 aliphatic rings. The topological polar surface area (TPSA) is 51.0 Å². The third-order valence-electron chi connectivity index (χ3n) is 3.01. The summed E-state index contributed by atoms with van der Waals surface area (Å²) in [7, 11) is 0. The van der Waals surface area contributed by atoms with E-state index in [4.69, 9.17) is 11.6 Å². The Hall–Kier alpha value is -2.40. The van der Waals surface area contributed by atoms with Crippen LogP contribution in [0.25, 0.3) is 5.69 Å². The van der Waals surface area contributed by atoms with Gasteiger partial charge in [0.05, 0.1) is 11.4 Å². The molecule has 2 rings (SSSR count). The molecule has 1 aromatic heterocycles. The summed E-state index contributed by atoms with van der Waals surface area (Å²) in [6, 6.07) is 7.13. The fraction of sp³-hybridized carbons (Fsp3) is 0.188. The van der Waals surface area contributed by atoms with Crippen LogP contribution in [-0.2, 0) is 0 Å². The Morgan fingerprint density at radius 1 is 1.32 bits per heavy atom. The van der Waals surface area contributed by atoms with E-state index in [9.17, 15) is 4.79 Å². The molecule has 0 saturated carbocycles. The number of benzene rings is 1. The van der Waals surface area contributed by atoms with Gasteiger partial charge < -0.3 is 4.90 Å². The monoisotopic (exact) mass is 316 g/mol. The molecular weight excluding hydrogens is 300 g/mol. The first kappa shape index (κ1) is 16.0. The maximum absolute atomic E-state index is 12.5. The average molecular weight is 317 g/mol. The molecule has 0 atom stereocenters. The fourth-order valence-electron chi connectivity index (χ4n) is 1.99. The molecule has 1 amide bonds. The lowest BCUT2D eigenvalue weighted by molar-refractivity contribution is 0.0784. The number of halogens is 1. The van der Waals surface area contributed by atoms with Gasteiger partial charge in [0, 0.05) is 18.1 Å². The Kier molecular flexibility index (Phi) is 5.12. The molecule has 0 bridgehead atoms. The normalized spacial score (nSPS) is 10.3. The van der Waals surface area contributed by atoms with Crippen LogP contribution in [0.1, 0.15) is 16.2 Å². The zero-order valence-corrected chi connectivity index (χ0v) is 13.1. The van der Waals surface area contributed by atoms with Crippen LogP contribution >= 0.6 is 11.6 Å². The minimum absolute atomic E-state index is 0.203. The van der Waals surface area contributed by atoms with E-state index < -0.39 is 0 Å². The maximum Gasteiger partial charge on any atom is 0.276 e. The van der Waals surface area contributed by atoms with Crippen LogP contribution < -0.4 is 0 Å². The highest BCUT2D eigenvalue weighted by molar-refractivity contribution is 6.30.